The molecule has 0 atom stereocenters. The summed E-state index contributed by atoms with van der Waals surface area (Å²) >= 11 is 4.98. The van der Waals surface area contributed by atoms with Gasteiger partial charge in [0.25, 0.3) is 5.91 Å². The van der Waals surface area contributed by atoms with Crippen molar-refractivity contribution in [1.29, 1.82) is 0 Å². The first-order chi connectivity index (χ1) is 10.1. The molecule has 0 radical (unpaired) electrons. The van der Waals surface area contributed by atoms with Gasteiger partial charge in [-0.15, -0.1) is 0 Å². The van der Waals surface area contributed by atoms with E-state index in [0.717, 1.165) is 5.75 Å². The maximum atomic E-state index is 12.2. The summed E-state index contributed by atoms with van der Waals surface area (Å²) in [5.74, 6) is 0.513. The van der Waals surface area contributed by atoms with Crippen molar-refractivity contribution in [3.8, 4) is 5.75 Å². The van der Waals surface area contributed by atoms with Crippen molar-refractivity contribution in [3.63, 3.8) is 0 Å². The van der Waals surface area contributed by atoms with Crippen LogP contribution in [0.15, 0.2) is 48.5 Å². The van der Waals surface area contributed by atoms with Gasteiger partial charge in [0.1, 0.15) is 10.7 Å². The van der Waals surface area contributed by atoms with Crippen molar-refractivity contribution in [2.24, 2.45) is 5.73 Å². The van der Waals surface area contributed by atoms with Crippen LogP contribution in [0.25, 0.3) is 0 Å². The van der Waals surface area contributed by atoms with Gasteiger partial charge in [0.2, 0.25) is 0 Å². The number of hydrogen-bond donors (Lipinski definition) is 2. The molecular formula is C16H16N2O2S. The van der Waals surface area contributed by atoms with Gasteiger partial charge in [-0.3, -0.25) is 4.79 Å². The van der Waals surface area contributed by atoms with Crippen LogP contribution in [0.3, 0.4) is 0 Å². The molecule has 3 N–H and O–H groups in total. The summed E-state index contributed by atoms with van der Waals surface area (Å²) in [6.07, 6.45) is 0. The Balaban J connectivity index is 2.16. The molecule has 4 nitrogen and oxygen atoms in total. The van der Waals surface area contributed by atoms with Crippen molar-refractivity contribution in [2.45, 2.75) is 6.92 Å². The van der Waals surface area contributed by atoms with Gasteiger partial charge in [-0.2, -0.15) is 0 Å². The number of thiocarbonyl (C=S) groups is 1. The van der Waals surface area contributed by atoms with E-state index in [1.807, 2.05) is 19.1 Å². The standard InChI is InChI=1S/C16H16N2O2S/c1-2-20-12-9-7-11(8-10-12)16(19)18-14-6-4-3-5-13(14)15(17)21/h3-10H,2H2,1H3,(H2,17,21)(H,18,19). The molecule has 5 heteroatoms. The number of nitrogens with two attached hydrogens (primary N) is 1. The van der Waals surface area contributed by atoms with E-state index in [-0.39, 0.29) is 10.9 Å². The van der Waals surface area contributed by atoms with Gasteiger partial charge in [0.15, 0.2) is 0 Å². The monoisotopic (exact) mass is 300 g/mol. The number of amides is 1. The van der Waals surface area contributed by atoms with Crippen LogP contribution in [0.2, 0.25) is 0 Å². The molecule has 0 heterocycles. The van der Waals surface area contributed by atoms with Gasteiger partial charge in [0.05, 0.1) is 12.3 Å². The Labute approximate surface area is 128 Å². The van der Waals surface area contributed by atoms with Crippen molar-refractivity contribution in [3.05, 3.63) is 59.7 Å². The second kappa shape index (κ2) is 6.85. The molecule has 0 bridgehead atoms. The predicted molar refractivity (Wildman–Crippen MR) is 87.9 cm³/mol. The summed E-state index contributed by atoms with van der Waals surface area (Å²) in [5.41, 5.74) is 7.43. The molecule has 0 saturated heterocycles. The predicted octanol–water partition coefficient (Wildman–Crippen LogP) is 2.97. The molecule has 0 aliphatic heterocycles. The minimum absolute atomic E-state index is 0.221. The van der Waals surface area contributed by atoms with Crippen molar-refractivity contribution in [2.75, 3.05) is 11.9 Å². The first kappa shape index (κ1) is 15.0. The number of nitrogens with one attached hydrogen (secondary N) is 1. The summed E-state index contributed by atoms with van der Waals surface area (Å²) in [4.78, 5) is 12.5. The molecule has 2 aromatic rings. The fraction of sp³-hybridized carbons (Fsp3) is 0.125. The number of carbonyl (C=O) groups excluding carboxylic acids is 1. The van der Waals surface area contributed by atoms with E-state index in [2.05, 4.69) is 5.32 Å². The van der Waals surface area contributed by atoms with Gasteiger partial charge in [0, 0.05) is 11.1 Å². The summed E-state index contributed by atoms with van der Waals surface area (Å²) < 4.78 is 5.34. The zero-order chi connectivity index (χ0) is 15.2. The maximum Gasteiger partial charge on any atom is 0.255 e. The largest absolute Gasteiger partial charge is 0.494 e. The van der Waals surface area contributed by atoms with Crippen molar-refractivity contribution in [1.82, 2.24) is 0 Å². The zero-order valence-electron chi connectivity index (χ0n) is 11.6. The van der Waals surface area contributed by atoms with Crippen LogP contribution in [-0.2, 0) is 0 Å². The Hall–Kier alpha value is -2.40. The first-order valence-electron chi connectivity index (χ1n) is 6.55. The van der Waals surface area contributed by atoms with Crippen LogP contribution >= 0.6 is 12.2 Å². The second-order valence-corrected chi connectivity index (χ2v) is 4.76. The average Bonchev–Trinajstić information content (AvgIpc) is 2.48. The Bertz CT molecular complexity index is 654. The highest BCUT2D eigenvalue weighted by Gasteiger charge is 2.10. The summed E-state index contributed by atoms with van der Waals surface area (Å²) in [5, 5.41) is 2.81. The van der Waals surface area contributed by atoms with Crippen molar-refractivity contribution >= 4 is 28.8 Å². The lowest BCUT2D eigenvalue weighted by atomic mass is 10.1. The Morgan fingerprint density at radius 2 is 1.86 bits per heavy atom. The van der Waals surface area contributed by atoms with E-state index in [4.69, 9.17) is 22.7 Å². The van der Waals surface area contributed by atoms with E-state index >= 15 is 0 Å². The number of benzene rings is 2. The molecule has 1 amide bonds. The Morgan fingerprint density at radius 1 is 1.19 bits per heavy atom. The van der Waals surface area contributed by atoms with Gasteiger partial charge in [-0.05, 0) is 43.3 Å². The number of anilines is 1. The van der Waals surface area contributed by atoms with Gasteiger partial charge >= 0.3 is 0 Å². The number of hydrogen-bond acceptors (Lipinski definition) is 3. The summed E-state index contributed by atoms with van der Waals surface area (Å²) in [6, 6.07) is 14.1. The minimum atomic E-state index is -0.221. The lowest BCUT2D eigenvalue weighted by Gasteiger charge is -2.10. The maximum absolute atomic E-state index is 12.2. The topological polar surface area (TPSA) is 64.3 Å². The van der Waals surface area contributed by atoms with Crippen LogP contribution in [0.1, 0.15) is 22.8 Å². The van der Waals surface area contributed by atoms with Crippen LogP contribution in [0.5, 0.6) is 5.75 Å². The summed E-state index contributed by atoms with van der Waals surface area (Å²) in [6.45, 7) is 2.50. The molecule has 0 fully saturated rings. The number of para-hydroxylation sites is 1. The highest BCUT2D eigenvalue weighted by atomic mass is 32.1. The van der Waals surface area contributed by atoms with E-state index in [1.165, 1.54) is 0 Å². The molecule has 0 aliphatic rings. The minimum Gasteiger partial charge on any atom is -0.494 e. The lowest BCUT2D eigenvalue weighted by molar-refractivity contribution is 0.102. The van der Waals surface area contributed by atoms with Crippen LogP contribution in [0.4, 0.5) is 5.69 Å². The molecular weight excluding hydrogens is 284 g/mol. The summed E-state index contributed by atoms with van der Waals surface area (Å²) in [7, 11) is 0. The SMILES string of the molecule is CCOc1ccc(C(=O)Nc2ccccc2C(N)=S)cc1. The van der Waals surface area contributed by atoms with Gasteiger partial charge in [-0.1, -0.05) is 24.4 Å². The molecule has 108 valence electrons. The fourth-order valence-electron chi connectivity index (χ4n) is 1.87. The molecule has 0 aromatic heterocycles. The van der Waals surface area contributed by atoms with Gasteiger partial charge in [-0.25, -0.2) is 0 Å². The van der Waals surface area contributed by atoms with Crippen LogP contribution in [0, 0.1) is 0 Å². The van der Waals surface area contributed by atoms with Crippen LogP contribution in [-0.4, -0.2) is 17.5 Å². The molecule has 2 rings (SSSR count). The van der Waals surface area contributed by atoms with E-state index in [9.17, 15) is 4.79 Å². The zero-order valence-corrected chi connectivity index (χ0v) is 12.4. The number of ether oxygens (including phenoxy) is 1. The Morgan fingerprint density at radius 3 is 2.48 bits per heavy atom. The third-order valence-electron chi connectivity index (χ3n) is 2.87. The van der Waals surface area contributed by atoms with E-state index in [0.29, 0.717) is 23.4 Å². The molecule has 0 spiro atoms. The molecule has 0 unspecified atom stereocenters. The lowest BCUT2D eigenvalue weighted by Crippen LogP contribution is -2.17. The second-order valence-electron chi connectivity index (χ2n) is 4.32. The van der Waals surface area contributed by atoms with Crippen molar-refractivity contribution < 1.29 is 9.53 Å². The van der Waals surface area contributed by atoms with Gasteiger partial charge < -0.3 is 15.8 Å². The molecule has 0 saturated carbocycles. The first-order valence-corrected chi connectivity index (χ1v) is 6.95. The third kappa shape index (κ3) is 3.79. The molecule has 21 heavy (non-hydrogen) atoms. The molecule has 2 aromatic carbocycles. The average molecular weight is 300 g/mol. The smallest absolute Gasteiger partial charge is 0.255 e. The Kier molecular flexibility index (Phi) is 4.90. The molecule has 0 aliphatic carbocycles. The quantitative estimate of drug-likeness (QED) is 0.833. The highest BCUT2D eigenvalue weighted by Crippen LogP contribution is 2.17. The van der Waals surface area contributed by atoms with E-state index < -0.39 is 0 Å². The third-order valence-corrected chi connectivity index (χ3v) is 3.09. The van der Waals surface area contributed by atoms with E-state index in [1.54, 1.807) is 36.4 Å². The normalized spacial score (nSPS) is 9.95. The number of rotatable bonds is 5. The fourth-order valence-corrected chi connectivity index (χ4v) is 2.05. The van der Waals surface area contributed by atoms with Crippen LogP contribution < -0.4 is 15.8 Å². The highest BCUT2D eigenvalue weighted by molar-refractivity contribution is 7.80. The number of carbonyl (C=O) groups is 1.